The molecule has 37 heavy (non-hydrogen) atoms. The molecule has 0 saturated heterocycles. The van der Waals surface area contributed by atoms with Gasteiger partial charge in [-0.05, 0) is 29.5 Å². The molecule has 0 atom stereocenters. The van der Waals surface area contributed by atoms with E-state index in [4.69, 9.17) is 5.73 Å². The quantitative estimate of drug-likeness (QED) is 0.307. The first kappa shape index (κ1) is 26.2. The highest BCUT2D eigenvalue weighted by Crippen LogP contribution is 2.31. The van der Waals surface area contributed by atoms with Gasteiger partial charge < -0.3 is 5.73 Å². The lowest BCUT2D eigenvalue weighted by atomic mass is 9.87. The lowest BCUT2D eigenvalue weighted by Crippen LogP contribution is -2.41. The molecule has 2 N–H and O–H groups in total. The van der Waals surface area contributed by atoms with E-state index in [0.29, 0.717) is 11.0 Å². The fourth-order valence-corrected chi connectivity index (χ4v) is 4.84. The van der Waals surface area contributed by atoms with Crippen LogP contribution in [0.25, 0.3) is 17.1 Å². The third-order valence-corrected chi connectivity index (χ3v) is 7.25. The third-order valence-electron chi connectivity index (χ3n) is 6.32. The fraction of sp³-hybridized carbons (Fsp3) is 0.296. The standard InChI is InChI=1S/C27H30N6O3S/c1-16-9-7-8-10-19(16)33-23(17-11-13-18(14-12-17)27(2,3)4)29-30-25(33)37-15-20(34)21-22(28)31(5)26(36)32(6)24(21)35/h7-14H,15,28H2,1-6H3. The Labute approximate surface area is 219 Å². The van der Waals surface area contributed by atoms with Crippen LogP contribution in [0.1, 0.15) is 42.3 Å². The Morgan fingerprint density at radius 2 is 1.62 bits per heavy atom. The van der Waals surface area contributed by atoms with Crippen LogP contribution in [-0.4, -0.2) is 35.4 Å². The second kappa shape index (κ2) is 9.85. The Kier molecular flexibility index (Phi) is 6.96. The summed E-state index contributed by atoms with van der Waals surface area (Å²) in [6, 6.07) is 16.1. The second-order valence-electron chi connectivity index (χ2n) is 9.93. The van der Waals surface area contributed by atoms with Gasteiger partial charge in [0.1, 0.15) is 11.4 Å². The summed E-state index contributed by atoms with van der Waals surface area (Å²) in [5.41, 5.74) is 8.46. The molecule has 9 nitrogen and oxygen atoms in total. The molecular weight excluding hydrogens is 488 g/mol. The van der Waals surface area contributed by atoms with Crippen molar-refractivity contribution in [1.29, 1.82) is 0 Å². The molecule has 0 amide bonds. The van der Waals surface area contributed by atoms with Gasteiger partial charge in [-0.3, -0.25) is 23.3 Å². The number of aromatic nitrogens is 5. The molecule has 192 valence electrons. The van der Waals surface area contributed by atoms with Crippen LogP contribution in [0.5, 0.6) is 0 Å². The van der Waals surface area contributed by atoms with E-state index in [1.54, 1.807) is 0 Å². The SMILES string of the molecule is Cc1ccccc1-n1c(SCC(=O)c2c(N)n(C)c(=O)n(C)c2=O)nnc1-c1ccc(C(C)(C)C)cc1. The molecule has 0 radical (unpaired) electrons. The van der Waals surface area contributed by atoms with Gasteiger partial charge in [-0.1, -0.05) is 75.0 Å². The van der Waals surface area contributed by atoms with Gasteiger partial charge in [-0.15, -0.1) is 10.2 Å². The van der Waals surface area contributed by atoms with Gasteiger partial charge in [-0.25, -0.2) is 4.79 Å². The zero-order valence-corrected chi connectivity index (χ0v) is 22.6. The molecular formula is C27H30N6O3S. The van der Waals surface area contributed by atoms with Gasteiger partial charge >= 0.3 is 5.69 Å². The minimum Gasteiger partial charge on any atom is -0.384 e. The van der Waals surface area contributed by atoms with E-state index in [-0.39, 0.29) is 22.5 Å². The predicted octanol–water partition coefficient (Wildman–Crippen LogP) is 3.49. The number of Topliss-reactive ketones (excluding diaryl/α,β-unsaturated/α-hetero) is 1. The molecule has 2 heterocycles. The summed E-state index contributed by atoms with van der Waals surface area (Å²) < 4.78 is 3.89. The Morgan fingerprint density at radius 3 is 2.24 bits per heavy atom. The van der Waals surface area contributed by atoms with Crippen molar-refractivity contribution in [2.75, 3.05) is 11.5 Å². The molecule has 2 aromatic heterocycles. The summed E-state index contributed by atoms with van der Waals surface area (Å²) in [7, 11) is 2.74. The molecule has 10 heteroatoms. The minimum absolute atomic E-state index is 0.0173. The lowest BCUT2D eigenvalue weighted by molar-refractivity contribution is 0.102. The first-order chi connectivity index (χ1) is 17.4. The van der Waals surface area contributed by atoms with Crippen molar-refractivity contribution in [3.8, 4) is 17.1 Å². The zero-order valence-electron chi connectivity index (χ0n) is 21.8. The number of hydrogen-bond donors (Lipinski definition) is 1. The molecule has 0 aliphatic rings. The normalized spacial score (nSPS) is 11.6. The van der Waals surface area contributed by atoms with Crippen LogP contribution in [0.15, 0.2) is 63.3 Å². The molecule has 0 unspecified atom stereocenters. The van der Waals surface area contributed by atoms with E-state index in [9.17, 15) is 14.4 Å². The number of ketones is 1. The number of hydrogen-bond acceptors (Lipinski definition) is 7. The number of nitrogen functional groups attached to an aromatic ring is 1. The smallest absolute Gasteiger partial charge is 0.332 e. The van der Waals surface area contributed by atoms with Gasteiger partial charge in [-0.2, -0.15) is 0 Å². The largest absolute Gasteiger partial charge is 0.384 e. The van der Waals surface area contributed by atoms with Crippen LogP contribution in [-0.2, 0) is 19.5 Å². The molecule has 2 aromatic carbocycles. The van der Waals surface area contributed by atoms with Gasteiger partial charge in [0.05, 0.1) is 11.4 Å². The van der Waals surface area contributed by atoms with Crippen LogP contribution in [0.3, 0.4) is 0 Å². The number of aryl methyl sites for hydroxylation is 1. The van der Waals surface area contributed by atoms with Crippen molar-refractivity contribution in [2.24, 2.45) is 14.1 Å². The first-order valence-corrected chi connectivity index (χ1v) is 12.7. The number of carbonyl (C=O) groups is 1. The average Bonchev–Trinajstić information content (AvgIpc) is 3.28. The van der Waals surface area contributed by atoms with E-state index in [1.165, 1.54) is 19.7 Å². The number of para-hydroxylation sites is 1. The average molecular weight is 519 g/mol. The van der Waals surface area contributed by atoms with Gasteiger partial charge in [0.25, 0.3) is 5.56 Å². The van der Waals surface area contributed by atoms with E-state index in [1.807, 2.05) is 47.9 Å². The second-order valence-corrected chi connectivity index (χ2v) is 10.9. The van der Waals surface area contributed by atoms with Gasteiger partial charge in [0.15, 0.2) is 16.8 Å². The fourth-order valence-electron chi connectivity index (χ4n) is 4.03. The molecule has 0 saturated carbocycles. The number of nitrogens with two attached hydrogens (primary N) is 1. The van der Waals surface area contributed by atoms with E-state index >= 15 is 0 Å². The topological polar surface area (TPSA) is 118 Å². The molecule has 0 aliphatic carbocycles. The summed E-state index contributed by atoms with van der Waals surface area (Å²) in [6.45, 7) is 8.48. The maximum Gasteiger partial charge on any atom is 0.332 e. The molecule has 4 aromatic rings. The Morgan fingerprint density at radius 1 is 0.973 bits per heavy atom. The Hall–Kier alpha value is -3.92. The molecule has 0 spiro atoms. The van der Waals surface area contributed by atoms with Crippen molar-refractivity contribution >= 4 is 23.4 Å². The monoisotopic (exact) mass is 518 g/mol. The summed E-state index contributed by atoms with van der Waals surface area (Å²) in [4.78, 5) is 37.9. The van der Waals surface area contributed by atoms with E-state index in [2.05, 4.69) is 43.1 Å². The van der Waals surface area contributed by atoms with Gasteiger partial charge in [0, 0.05) is 19.7 Å². The number of nitrogens with zero attached hydrogens (tertiary/aromatic N) is 5. The van der Waals surface area contributed by atoms with Crippen molar-refractivity contribution in [3.05, 3.63) is 86.1 Å². The first-order valence-electron chi connectivity index (χ1n) is 11.8. The van der Waals surface area contributed by atoms with Crippen molar-refractivity contribution in [3.63, 3.8) is 0 Å². The number of anilines is 1. The zero-order chi connectivity index (χ0) is 27.1. The van der Waals surface area contributed by atoms with Gasteiger partial charge in [0.2, 0.25) is 0 Å². The van der Waals surface area contributed by atoms with Crippen molar-refractivity contribution in [1.82, 2.24) is 23.9 Å². The van der Waals surface area contributed by atoms with Crippen LogP contribution in [0.4, 0.5) is 5.82 Å². The third kappa shape index (κ3) is 4.89. The van der Waals surface area contributed by atoms with Crippen LogP contribution >= 0.6 is 11.8 Å². The van der Waals surface area contributed by atoms with Crippen molar-refractivity contribution in [2.45, 2.75) is 38.3 Å². The van der Waals surface area contributed by atoms with E-state index < -0.39 is 17.0 Å². The maximum absolute atomic E-state index is 13.1. The summed E-state index contributed by atoms with van der Waals surface area (Å²) in [5.74, 6) is -0.111. The highest BCUT2D eigenvalue weighted by Gasteiger charge is 2.23. The Bertz CT molecular complexity index is 1610. The van der Waals surface area contributed by atoms with Crippen molar-refractivity contribution < 1.29 is 4.79 Å². The summed E-state index contributed by atoms with van der Waals surface area (Å²) in [6.07, 6.45) is 0. The number of benzene rings is 2. The minimum atomic E-state index is -0.716. The molecule has 0 bridgehead atoms. The van der Waals surface area contributed by atoms with E-state index in [0.717, 1.165) is 37.7 Å². The highest BCUT2D eigenvalue weighted by molar-refractivity contribution is 7.99. The predicted molar refractivity (Wildman–Crippen MR) is 147 cm³/mol. The molecule has 0 fully saturated rings. The van der Waals surface area contributed by atoms with Crippen LogP contribution < -0.4 is 17.0 Å². The van der Waals surface area contributed by atoms with Crippen LogP contribution in [0, 0.1) is 6.92 Å². The molecule has 4 rings (SSSR count). The number of thioether (sulfide) groups is 1. The maximum atomic E-state index is 13.1. The summed E-state index contributed by atoms with van der Waals surface area (Å²) in [5, 5.41) is 9.36. The van der Waals surface area contributed by atoms with Crippen LogP contribution in [0.2, 0.25) is 0 Å². The highest BCUT2D eigenvalue weighted by atomic mass is 32.2. The lowest BCUT2D eigenvalue weighted by Gasteiger charge is -2.19. The summed E-state index contributed by atoms with van der Waals surface area (Å²) >= 11 is 1.16. The number of carbonyl (C=O) groups excluding carboxylic acids is 1. The number of rotatable bonds is 6. The molecule has 0 aliphatic heterocycles. The Balaban J connectivity index is 1.75.